The maximum Gasteiger partial charge on any atom is 0.124 e. The van der Waals surface area contributed by atoms with Gasteiger partial charge < -0.3 is 15.2 Å². The molecule has 0 saturated heterocycles. The van der Waals surface area contributed by atoms with Crippen LogP contribution in [0.3, 0.4) is 0 Å². The Hall–Kier alpha value is -3.44. The van der Waals surface area contributed by atoms with Gasteiger partial charge in [-0.1, -0.05) is 36.4 Å². The molecule has 0 amide bonds. The minimum absolute atomic E-state index is 0.0397. The van der Waals surface area contributed by atoms with Gasteiger partial charge in [0.15, 0.2) is 0 Å². The van der Waals surface area contributed by atoms with Crippen LogP contribution in [-0.2, 0) is 0 Å². The number of methoxy groups -OCH3 is 2. The summed E-state index contributed by atoms with van der Waals surface area (Å²) in [5.41, 5.74) is 11.2. The first-order valence-electron chi connectivity index (χ1n) is 9.93. The summed E-state index contributed by atoms with van der Waals surface area (Å²) in [6, 6.07) is 28.1. The molecular formula is C26H24N2O2S. The van der Waals surface area contributed by atoms with Gasteiger partial charge in [0, 0.05) is 16.4 Å². The number of nitrogen functional groups attached to an aromatic ring is 1. The highest BCUT2D eigenvalue weighted by Crippen LogP contribution is 2.39. The summed E-state index contributed by atoms with van der Waals surface area (Å²) in [6.07, 6.45) is 0. The van der Waals surface area contributed by atoms with E-state index >= 15 is 0 Å². The molecule has 3 aromatic carbocycles. The number of nitrogens with two attached hydrogens (primary N) is 1. The fraction of sp³-hybridized carbons (Fsp3) is 0.115. The Morgan fingerprint density at radius 2 is 1.35 bits per heavy atom. The van der Waals surface area contributed by atoms with Crippen LogP contribution in [-0.4, -0.2) is 19.2 Å². The molecule has 0 aliphatic rings. The number of thiol groups is 1. The molecule has 31 heavy (non-hydrogen) atoms. The molecule has 1 aromatic heterocycles. The molecule has 1 heterocycles. The second-order valence-electron chi connectivity index (χ2n) is 7.20. The van der Waals surface area contributed by atoms with Crippen LogP contribution in [0.15, 0.2) is 89.8 Å². The third-order valence-corrected chi connectivity index (χ3v) is 5.57. The van der Waals surface area contributed by atoms with E-state index in [0.717, 1.165) is 44.3 Å². The van der Waals surface area contributed by atoms with Crippen LogP contribution in [0.4, 0.5) is 5.82 Å². The molecule has 0 spiro atoms. The lowest BCUT2D eigenvalue weighted by Gasteiger charge is -2.23. The quantitative estimate of drug-likeness (QED) is 0.300. The monoisotopic (exact) mass is 428 g/mol. The van der Waals surface area contributed by atoms with Gasteiger partial charge >= 0.3 is 0 Å². The average Bonchev–Trinajstić information content (AvgIpc) is 2.80. The van der Waals surface area contributed by atoms with Gasteiger partial charge in [0.25, 0.3) is 0 Å². The molecule has 0 radical (unpaired) electrons. The molecule has 4 nitrogen and oxygen atoms in total. The summed E-state index contributed by atoms with van der Waals surface area (Å²) >= 11 is 4.63. The third kappa shape index (κ3) is 4.52. The van der Waals surface area contributed by atoms with Gasteiger partial charge in [0.05, 0.1) is 19.9 Å². The van der Waals surface area contributed by atoms with E-state index in [4.69, 9.17) is 15.2 Å². The third-order valence-electron chi connectivity index (χ3n) is 5.29. The number of hydrogen-bond acceptors (Lipinski definition) is 5. The predicted octanol–water partition coefficient (Wildman–Crippen LogP) is 5.82. The van der Waals surface area contributed by atoms with E-state index in [2.05, 4.69) is 54.0 Å². The Balaban J connectivity index is 1.93. The lowest BCUT2D eigenvalue weighted by molar-refractivity contribution is 0.414. The average molecular weight is 429 g/mol. The molecule has 0 fully saturated rings. The van der Waals surface area contributed by atoms with Gasteiger partial charge in [-0.15, -0.1) is 12.6 Å². The number of rotatable bonds is 6. The molecule has 0 atom stereocenters. The fourth-order valence-electron chi connectivity index (χ4n) is 3.77. The Bertz CT molecular complexity index is 1130. The van der Waals surface area contributed by atoms with Gasteiger partial charge in [0.2, 0.25) is 0 Å². The summed E-state index contributed by atoms with van der Waals surface area (Å²) in [5.74, 6) is 2.08. The topological polar surface area (TPSA) is 57.4 Å². The van der Waals surface area contributed by atoms with E-state index in [1.54, 1.807) is 20.3 Å². The van der Waals surface area contributed by atoms with Crippen molar-refractivity contribution in [2.45, 2.75) is 10.8 Å². The largest absolute Gasteiger partial charge is 0.497 e. The van der Waals surface area contributed by atoms with Crippen molar-refractivity contribution in [1.82, 2.24) is 4.98 Å². The molecule has 0 aliphatic carbocycles. The van der Waals surface area contributed by atoms with Crippen molar-refractivity contribution in [1.29, 1.82) is 0 Å². The second-order valence-corrected chi connectivity index (χ2v) is 7.71. The van der Waals surface area contributed by atoms with Crippen molar-refractivity contribution >= 4 is 18.4 Å². The van der Waals surface area contributed by atoms with Gasteiger partial charge in [-0.2, -0.15) is 0 Å². The minimum atomic E-state index is -0.0397. The van der Waals surface area contributed by atoms with E-state index in [0.29, 0.717) is 5.82 Å². The maximum absolute atomic E-state index is 5.98. The Labute approximate surface area is 188 Å². The summed E-state index contributed by atoms with van der Waals surface area (Å²) in [7, 11) is 3.34. The van der Waals surface area contributed by atoms with Crippen LogP contribution in [0.25, 0.3) is 11.3 Å². The molecule has 0 bridgehead atoms. The van der Waals surface area contributed by atoms with Crippen molar-refractivity contribution < 1.29 is 9.47 Å². The molecule has 0 unspecified atom stereocenters. The molecule has 0 aliphatic heterocycles. The smallest absolute Gasteiger partial charge is 0.124 e. The Kier molecular flexibility index (Phi) is 6.14. The molecule has 0 saturated carbocycles. The summed E-state index contributed by atoms with van der Waals surface area (Å²) < 4.78 is 10.7. The van der Waals surface area contributed by atoms with Gasteiger partial charge in [-0.05, 0) is 65.2 Å². The first kappa shape index (κ1) is 20.8. The van der Waals surface area contributed by atoms with E-state index < -0.39 is 0 Å². The zero-order valence-corrected chi connectivity index (χ0v) is 18.3. The number of hydrogen-bond donors (Lipinski definition) is 2. The van der Waals surface area contributed by atoms with Gasteiger partial charge in [0.1, 0.15) is 17.3 Å². The minimum Gasteiger partial charge on any atom is -0.497 e. The van der Waals surface area contributed by atoms with Crippen LogP contribution in [0.2, 0.25) is 0 Å². The van der Waals surface area contributed by atoms with Gasteiger partial charge in [-0.3, -0.25) is 0 Å². The molecule has 4 aromatic rings. The lowest BCUT2D eigenvalue weighted by Crippen LogP contribution is -2.06. The second kappa shape index (κ2) is 9.14. The van der Waals surface area contributed by atoms with Crippen LogP contribution in [0, 0.1) is 0 Å². The SMILES string of the molecule is COc1ccc(C(c2ccc(OC)cc2)c2cc(S)ccc2-c2cccc(N)n2)cc1. The maximum atomic E-state index is 5.98. The first-order valence-corrected chi connectivity index (χ1v) is 10.4. The number of ether oxygens (including phenoxy) is 2. The highest BCUT2D eigenvalue weighted by atomic mass is 32.1. The molecule has 4 rings (SSSR count). The van der Waals surface area contributed by atoms with Crippen LogP contribution in [0.1, 0.15) is 22.6 Å². The lowest BCUT2D eigenvalue weighted by atomic mass is 9.82. The van der Waals surface area contributed by atoms with Crippen molar-refractivity contribution in [2.75, 3.05) is 20.0 Å². The number of aromatic nitrogens is 1. The molecular weight excluding hydrogens is 404 g/mol. The standard InChI is InChI=1S/C26H24N2O2S/c1-29-19-10-6-17(7-11-19)26(18-8-12-20(30-2)13-9-18)23-16-21(31)14-15-22(23)24-4-3-5-25(27)28-24/h3-16,26,31H,1-2H3,(H2,27,28). The van der Waals surface area contributed by atoms with Crippen LogP contribution in [0.5, 0.6) is 11.5 Å². The van der Waals surface area contributed by atoms with Crippen molar-refractivity contribution in [3.05, 3.63) is 102 Å². The van der Waals surface area contributed by atoms with Crippen molar-refractivity contribution in [2.24, 2.45) is 0 Å². The highest BCUT2D eigenvalue weighted by Gasteiger charge is 2.22. The first-order chi connectivity index (χ1) is 15.1. The summed E-state index contributed by atoms with van der Waals surface area (Å²) in [4.78, 5) is 5.46. The number of nitrogens with zero attached hydrogens (tertiary/aromatic N) is 1. The summed E-state index contributed by atoms with van der Waals surface area (Å²) in [6.45, 7) is 0. The van der Waals surface area contributed by atoms with Crippen LogP contribution >= 0.6 is 12.6 Å². The van der Waals surface area contributed by atoms with Crippen molar-refractivity contribution in [3.63, 3.8) is 0 Å². The number of anilines is 1. The Morgan fingerprint density at radius 1 is 0.774 bits per heavy atom. The fourth-order valence-corrected chi connectivity index (χ4v) is 3.98. The van der Waals surface area contributed by atoms with Crippen molar-refractivity contribution in [3.8, 4) is 22.8 Å². The highest BCUT2D eigenvalue weighted by molar-refractivity contribution is 7.80. The predicted molar refractivity (Wildman–Crippen MR) is 128 cm³/mol. The van der Waals surface area contributed by atoms with Gasteiger partial charge in [-0.25, -0.2) is 4.98 Å². The normalized spacial score (nSPS) is 10.8. The zero-order chi connectivity index (χ0) is 21.8. The Morgan fingerprint density at radius 3 is 1.87 bits per heavy atom. The van der Waals surface area contributed by atoms with E-state index in [9.17, 15) is 0 Å². The molecule has 5 heteroatoms. The number of pyridine rings is 1. The zero-order valence-electron chi connectivity index (χ0n) is 17.4. The van der Waals surface area contributed by atoms with Crippen LogP contribution < -0.4 is 15.2 Å². The van der Waals surface area contributed by atoms with E-state index in [1.807, 2.05) is 42.5 Å². The summed E-state index contributed by atoms with van der Waals surface area (Å²) in [5, 5.41) is 0. The number of benzene rings is 3. The molecule has 156 valence electrons. The van der Waals surface area contributed by atoms with E-state index in [1.165, 1.54) is 0 Å². The van der Waals surface area contributed by atoms with E-state index in [-0.39, 0.29) is 5.92 Å². The molecule has 2 N–H and O–H groups in total.